The van der Waals surface area contributed by atoms with E-state index in [1.807, 2.05) is 0 Å². The van der Waals surface area contributed by atoms with E-state index in [1.54, 1.807) is 0 Å². The molecule has 0 heterocycles. The Morgan fingerprint density at radius 3 is 1.83 bits per heavy atom. The second-order valence-corrected chi connectivity index (χ2v) is 5.67. The van der Waals surface area contributed by atoms with Crippen molar-refractivity contribution >= 4 is 0 Å². The van der Waals surface area contributed by atoms with Crippen LogP contribution in [0, 0.1) is 5.41 Å². The third-order valence-electron chi connectivity index (χ3n) is 4.74. The average Bonchev–Trinajstić information content (AvgIpc) is 3.15. The molecule has 0 aromatic heterocycles. The van der Waals surface area contributed by atoms with Gasteiger partial charge in [-0.3, -0.25) is 0 Å². The van der Waals surface area contributed by atoms with Crippen molar-refractivity contribution in [2.75, 3.05) is 6.54 Å². The van der Waals surface area contributed by atoms with Gasteiger partial charge in [-0.2, -0.15) is 0 Å². The first-order chi connectivity index (χ1) is 8.86. The molecule has 0 aliphatic heterocycles. The van der Waals surface area contributed by atoms with Crippen LogP contribution >= 0.6 is 0 Å². The van der Waals surface area contributed by atoms with Crippen molar-refractivity contribution in [3.8, 4) is 11.1 Å². The van der Waals surface area contributed by atoms with Gasteiger partial charge in [0.2, 0.25) is 0 Å². The Balaban J connectivity index is 1.98. The van der Waals surface area contributed by atoms with E-state index in [9.17, 15) is 0 Å². The molecule has 1 saturated carbocycles. The topological polar surface area (TPSA) is 26.0 Å². The molecule has 1 heteroatoms. The van der Waals surface area contributed by atoms with E-state index < -0.39 is 0 Å². The van der Waals surface area contributed by atoms with Crippen molar-refractivity contribution in [1.82, 2.24) is 0 Å². The van der Waals surface area contributed by atoms with Crippen LogP contribution in [0.4, 0.5) is 0 Å². The summed E-state index contributed by atoms with van der Waals surface area (Å²) in [6.07, 6.45) is 2.55. The molecule has 4 rings (SSSR count). The summed E-state index contributed by atoms with van der Waals surface area (Å²) in [7, 11) is 0. The summed E-state index contributed by atoms with van der Waals surface area (Å²) < 4.78 is 0. The fourth-order valence-corrected chi connectivity index (χ4v) is 3.59. The first-order valence-electron chi connectivity index (χ1n) is 6.74. The predicted octanol–water partition coefficient (Wildman–Crippen LogP) is 3.54. The van der Waals surface area contributed by atoms with Gasteiger partial charge in [0.1, 0.15) is 0 Å². The van der Waals surface area contributed by atoms with Crippen LogP contribution in [0.5, 0.6) is 0 Å². The molecule has 2 aliphatic rings. The third-order valence-corrected chi connectivity index (χ3v) is 4.74. The van der Waals surface area contributed by atoms with Gasteiger partial charge < -0.3 is 5.73 Å². The summed E-state index contributed by atoms with van der Waals surface area (Å²) in [6.45, 7) is 0.806. The second-order valence-electron chi connectivity index (χ2n) is 5.67. The van der Waals surface area contributed by atoms with E-state index >= 15 is 0 Å². The highest BCUT2D eigenvalue weighted by atomic mass is 14.7. The van der Waals surface area contributed by atoms with Crippen LogP contribution in [-0.4, -0.2) is 6.54 Å². The molecule has 90 valence electrons. The molecular formula is C17H17N. The highest BCUT2D eigenvalue weighted by molar-refractivity contribution is 5.79. The normalized spacial score (nSPS) is 19.4. The fourth-order valence-electron chi connectivity index (χ4n) is 3.59. The van der Waals surface area contributed by atoms with Crippen LogP contribution in [-0.2, 0) is 0 Å². The SMILES string of the molecule is NCC1(C2c3ccccc3-c3ccccc32)CC1. The Morgan fingerprint density at radius 2 is 1.39 bits per heavy atom. The van der Waals surface area contributed by atoms with E-state index in [0.29, 0.717) is 11.3 Å². The van der Waals surface area contributed by atoms with E-state index in [1.165, 1.54) is 35.1 Å². The van der Waals surface area contributed by atoms with Gasteiger partial charge in [0.25, 0.3) is 0 Å². The lowest BCUT2D eigenvalue weighted by Crippen LogP contribution is -2.23. The molecule has 0 unspecified atom stereocenters. The van der Waals surface area contributed by atoms with Crippen LogP contribution in [0.3, 0.4) is 0 Å². The summed E-state index contributed by atoms with van der Waals surface area (Å²) in [4.78, 5) is 0. The lowest BCUT2D eigenvalue weighted by atomic mass is 9.81. The highest BCUT2D eigenvalue weighted by Crippen LogP contribution is 2.62. The summed E-state index contributed by atoms with van der Waals surface area (Å²) in [5, 5.41) is 0. The summed E-state index contributed by atoms with van der Waals surface area (Å²) in [5.41, 5.74) is 12.2. The molecule has 1 nitrogen and oxygen atoms in total. The maximum atomic E-state index is 6.06. The summed E-state index contributed by atoms with van der Waals surface area (Å²) >= 11 is 0. The third kappa shape index (κ3) is 1.20. The van der Waals surface area contributed by atoms with Crippen LogP contribution in [0.1, 0.15) is 29.9 Å². The smallest absolute Gasteiger partial charge is 0.0170 e. The molecule has 0 radical (unpaired) electrons. The monoisotopic (exact) mass is 235 g/mol. The Hall–Kier alpha value is -1.60. The molecule has 0 amide bonds. The molecule has 0 spiro atoms. The lowest BCUT2D eigenvalue weighted by molar-refractivity contribution is 0.464. The van der Waals surface area contributed by atoms with Gasteiger partial charge in [-0.25, -0.2) is 0 Å². The lowest BCUT2D eigenvalue weighted by Gasteiger charge is -2.23. The maximum Gasteiger partial charge on any atom is 0.0170 e. The zero-order valence-corrected chi connectivity index (χ0v) is 10.4. The minimum absolute atomic E-state index is 0.336. The minimum Gasteiger partial charge on any atom is -0.330 e. The van der Waals surface area contributed by atoms with Crippen LogP contribution in [0.25, 0.3) is 11.1 Å². The average molecular weight is 235 g/mol. The fraction of sp³-hybridized carbons (Fsp3) is 0.294. The van der Waals surface area contributed by atoms with Gasteiger partial charge in [0, 0.05) is 5.92 Å². The van der Waals surface area contributed by atoms with Crippen molar-refractivity contribution in [3.05, 3.63) is 59.7 Å². The maximum absolute atomic E-state index is 6.06. The standard InChI is InChI=1S/C17H17N/c18-11-17(9-10-17)16-14-7-3-1-5-12(14)13-6-2-4-8-15(13)16/h1-8,16H,9-11,18H2. The number of nitrogens with two attached hydrogens (primary N) is 1. The van der Waals surface area contributed by atoms with Crippen molar-refractivity contribution in [2.24, 2.45) is 11.1 Å². The molecule has 0 atom stereocenters. The van der Waals surface area contributed by atoms with Crippen LogP contribution in [0.15, 0.2) is 48.5 Å². The van der Waals surface area contributed by atoms with Gasteiger partial charge >= 0.3 is 0 Å². The van der Waals surface area contributed by atoms with Crippen LogP contribution < -0.4 is 5.73 Å². The number of hydrogen-bond donors (Lipinski definition) is 1. The van der Waals surface area contributed by atoms with E-state index in [-0.39, 0.29) is 0 Å². The predicted molar refractivity (Wildman–Crippen MR) is 74.4 cm³/mol. The zero-order chi connectivity index (χ0) is 12.2. The minimum atomic E-state index is 0.336. The molecule has 0 bridgehead atoms. The van der Waals surface area contributed by atoms with Gasteiger partial charge in [0.05, 0.1) is 0 Å². The number of fused-ring (bicyclic) bond motifs is 3. The highest BCUT2D eigenvalue weighted by Gasteiger charge is 2.52. The van der Waals surface area contributed by atoms with Crippen molar-refractivity contribution < 1.29 is 0 Å². The molecular weight excluding hydrogens is 218 g/mol. The quantitative estimate of drug-likeness (QED) is 0.846. The van der Waals surface area contributed by atoms with Crippen molar-refractivity contribution in [1.29, 1.82) is 0 Å². The Morgan fingerprint density at radius 1 is 0.889 bits per heavy atom. The Bertz CT molecular complexity index is 565. The van der Waals surface area contributed by atoms with E-state index in [4.69, 9.17) is 5.73 Å². The Labute approximate surface area is 108 Å². The molecule has 18 heavy (non-hydrogen) atoms. The second kappa shape index (κ2) is 3.46. The van der Waals surface area contributed by atoms with Crippen LogP contribution in [0.2, 0.25) is 0 Å². The number of rotatable bonds is 2. The Kier molecular flexibility index (Phi) is 1.98. The molecule has 0 saturated heterocycles. The van der Waals surface area contributed by atoms with Gasteiger partial charge in [0.15, 0.2) is 0 Å². The largest absolute Gasteiger partial charge is 0.330 e. The molecule has 1 fully saturated rings. The first kappa shape index (κ1) is 10.3. The summed E-state index contributed by atoms with van der Waals surface area (Å²) in [6, 6.07) is 17.7. The van der Waals surface area contributed by atoms with E-state index in [2.05, 4.69) is 48.5 Å². The van der Waals surface area contributed by atoms with Gasteiger partial charge in [-0.15, -0.1) is 0 Å². The van der Waals surface area contributed by atoms with Crippen molar-refractivity contribution in [3.63, 3.8) is 0 Å². The molecule has 2 aliphatic carbocycles. The number of benzene rings is 2. The number of hydrogen-bond acceptors (Lipinski definition) is 1. The molecule has 2 N–H and O–H groups in total. The van der Waals surface area contributed by atoms with E-state index in [0.717, 1.165) is 6.54 Å². The first-order valence-corrected chi connectivity index (χ1v) is 6.74. The summed E-state index contributed by atoms with van der Waals surface area (Å²) in [5.74, 6) is 0.523. The molecule has 2 aromatic rings. The van der Waals surface area contributed by atoms with Gasteiger partial charge in [-0.05, 0) is 47.1 Å². The molecule has 2 aromatic carbocycles. The zero-order valence-electron chi connectivity index (χ0n) is 10.4. The van der Waals surface area contributed by atoms with Gasteiger partial charge in [-0.1, -0.05) is 48.5 Å². The van der Waals surface area contributed by atoms with Crippen molar-refractivity contribution in [2.45, 2.75) is 18.8 Å².